The molecule has 132 valence electrons. The fraction of sp³-hybridized carbons (Fsp3) is 0.400. The van der Waals surface area contributed by atoms with Gasteiger partial charge in [0, 0.05) is 16.9 Å². The summed E-state index contributed by atoms with van der Waals surface area (Å²) in [4.78, 5) is 25.0. The maximum Gasteiger partial charge on any atom is 0.341 e. The van der Waals surface area contributed by atoms with Gasteiger partial charge in [-0.2, -0.15) is 0 Å². The summed E-state index contributed by atoms with van der Waals surface area (Å²) in [6, 6.07) is 8.00. The first kappa shape index (κ1) is 17.7. The maximum atomic E-state index is 12.5. The lowest BCUT2D eigenvalue weighted by atomic mass is 10.0. The molecule has 1 aromatic heterocycles. The Kier molecular flexibility index (Phi) is 5.53. The Morgan fingerprint density at radius 2 is 1.88 bits per heavy atom. The summed E-state index contributed by atoms with van der Waals surface area (Å²) in [5.41, 5.74) is 3.38. The van der Waals surface area contributed by atoms with Gasteiger partial charge < -0.3 is 10.1 Å². The van der Waals surface area contributed by atoms with Crippen LogP contribution in [0.5, 0.6) is 0 Å². The lowest BCUT2D eigenvalue weighted by molar-refractivity contribution is -0.119. The average Bonchev–Trinajstić information content (AvgIpc) is 3.25. The highest BCUT2D eigenvalue weighted by molar-refractivity contribution is 7.15. The van der Waals surface area contributed by atoms with Crippen molar-refractivity contribution < 1.29 is 14.3 Å². The van der Waals surface area contributed by atoms with E-state index < -0.39 is 0 Å². The minimum Gasteiger partial charge on any atom is -0.462 e. The van der Waals surface area contributed by atoms with E-state index in [0.717, 1.165) is 42.4 Å². The Morgan fingerprint density at radius 1 is 1.20 bits per heavy atom. The van der Waals surface area contributed by atoms with Crippen molar-refractivity contribution in [1.29, 1.82) is 0 Å². The van der Waals surface area contributed by atoms with Crippen molar-refractivity contribution in [3.05, 3.63) is 40.8 Å². The van der Waals surface area contributed by atoms with Crippen molar-refractivity contribution in [3.8, 4) is 11.1 Å². The molecular formula is C20H23NO3S. The molecule has 1 fully saturated rings. The zero-order valence-corrected chi connectivity index (χ0v) is 15.4. The van der Waals surface area contributed by atoms with Gasteiger partial charge in [-0.05, 0) is 32.3 Å². The largest absolute Gasteiger partial charge is 0.462 e. The van der Waals surface area contributed by atoms with Crippen LogP contribution in [0, 0.1) is 12.8 Å². The Morgan fingerprint density at radius 3 is 2.52 bits per heavy atom. The van der Waals surface area contributed by atoms with Crippen molar-refractivity contribution in [2.75, 3.05) is 11.9 Å². The first-order valence-electron chi connectivity index (χ1n) is 8.76. The first-order valence-corrected chi connectivity index (χ1v) is 9.64. The van der Waals surface area contributed by atoms with Crippen LogP contribution in [0.1, 0.15) is 48.5 Å². The van der Waals surface area contributed by atoms with E-state index in [1.54, 1.807) is 6.92 Å². The van der Waals surface area contributed by atoms with Gasteiger partial charge in [-0.1, -0.05) is 42.7 Å². The normalized spacial score (nSPS) is 14.5. The molecule has 0 spiro atoms. The summed E-state index contributed by atoms with van der Waals surface area (Å²) in [7, 11) is 0. The molecule has 1 saturated carbocycles. The molecule has 4 nitrogen and oxygen atoms in total. The number of anilines is 1. The molecule has 0 atom stereocenters. The third-order valence-corrected chi connectivity index (χ3v) is 5.49. The number of amides is 1. The van der Waals surface area contributed by atoms with Gasteiger partial charge in [0.25, 0.3) is 0 Å². The van der Waals surface area contributed by atoms with Crippen molar-refractivity contribution in [3.63, 3.8) is 0 Å². The second kappa shape index (κ2) is 7.83. The van der Waals surface area contributed by atoms with Crippen LogP contribution in [0.25, 0.3) is 11.1 Å². The highest BCUT2D eigenvalue weighted by Crippen LogP contribution is 2.37. The van der Waals surface area contributed by atoms with Crippen LogP contribution in [0.4, 0.5) is 5.00 Å². The molecular weight excluding hydrogens is 334 g/mol. The van der Waals surface area contributed by atoms with Crippen LogP contribution in [0.15, 0.2) is 29.6 Å². The molecule has 0 aliphatic heterocycles. The quantitative estimate of drug-likeness (QED) is 0.764. The molecule has 0 unspecified atom stereocenters. The predicted octanol–water partition coefficient (Wildman–Crippen LogP) is 5.03. The van der Waals surface area contributed by atoms with Gasteiger partial charge in [-0.15, -0.1) is 11.3 Å². The highest BCUT2D eigenvalue weighted by Gasteiger charge is 2.27. The molecule has 1 amide bonds. The number of esters is 1. The van der Waals surface area contributed by atoms with Gasteiger partial charge >= 0.3 is 5.97 Å². The summed E-state index contributed by atoms with van der Waals surface area (Å²) < 4.78 is 5.24. The first-order chi connectivity index (χ1) is 12.1. The van der Waals surface area contributed by atoms with Gasteiger partial charge in [0.15, 0.2) is 0 Å². The van der Waals surface area contributed by atoms with E-state index in [0.29, 0.717) is 17.2 Å². The summed E-state index contributed by atoms with van der Waals surface area (Å²) in [5, 5.41) is 5.48. The van der Waals surface area contributed by atoms with Crippen molar-refractivity contribution in [2.24, 2.45) is 5.92 Å². The van der Waals surface area contributed by atoms with Crippen LogP contribution < -0.4 is 5.32 Å². The number of thiophene rings is 1. The highest BCUT2D eigenvalue weighted by atomic mass is 32.1. The Hall–Kier alpha value is -2.14. The van der Waals surface area contributed by atoms with E-state index in [-0.39, 0.29) is 17.8 Å². The van der Waals surface area contributed by atoms with E-state index in [2.05, 4.69) is 5.32 Å². The van der Waals surface area contributed by atoms with Crippen LogP contribution in [0.2, 0.25) is 0 Å². The third-order valence-electron chi connectivity index (χ3n) is 4.60. The smallest absolute Gasteiger partial charge is 0.341 e. The number of hydrogen-bond acceptors (Lipinski definition) is 4. The Labute approximate surface area is 152 Å². The van der Waals surface area contributed by atoms with Crippen molar-refractivity contribution in [1.82, 2.24) is 0 Å². The number of benzene rings is 1. The number of hydrogen-bond donors (Lipinski definition) is 1. The predicted molar refractivity (Wildman–Crippen MR) is 101 cm³/mol. The summed E-state index contributed by atoms with van der Waals surface area (Å²) >= 11 is 1.38. The van der Waals surface area contributed by atoms with E-state index in [9.17, 15) is 9.59 Å². The molecule has 3 rings (SSSR count). The molecule has 2 aromatic rings. The summed E-state index contributed by atoms with van der Waals surface area (Å²) in [6.45, 7) is 4.11. The molecule has 1 N–H and O–H groups in total. The van der Waals surface area contributed by atoms with Crippen LogP contribution in [-0.4, -0.2) is 18.5 Å². The van der Waals surface area contributed by atoms with Crippen LogP contribution in [0.3, 0.4) is 0 Å². The summed E-state index contributed by atoms with van der Waals surface area (Å²) in [6.07, 6.45) is 4.05. The van der Waals surface area contributed by atoms with E-state index in [4.69, 9.17) is 4.74 Å². The maximum absolute atomic E-state index is 12.5. The zero-order chi connectivity index (χ0) is 17.8. The van der Waals surface area contributed by atoms with Gasteiger partial charge in [-0.3, -0.25) is 4.79 Å². The second-order valence-electron chi connectivity index (χ2n) is 6.41. The standard InChI is InChI=1S/C20H23NO3S/c1-3-24-20(23)17-16(14-10-8-13(2)9-11-14)12-25-19(17)21-18(22)15-6-4-5-7-15/h8-12,15H,3-7H2,1-2H3,(H,21,22). The molecule has 1 aromatic carbocycles. The monoisotopic (exact) mass is 357 g/mol. The topological polar surface area (TPSA) is 55.4 Å². The van der Waals surface area contributed by atoms with Gasteiger partial charge in [0.1, 0.15) is 10.6 Å². The zero-order valence-electron chi connectivity index (χ0n) is 14.6. The van der Waals surface area contributed by atoms with E-state index in [1.807, 2.05) is 36.6 Å². The summed E-state index contributed by atoms with van der Waals surface area (Å²) in [5.74, 6) is -0.318. The molecule has 5 heteroatoms. The number of aryl methyl sites for hydroxylation is 1. The van der Waals surface area contributed by atoms with Gasteiger partial charge in [-0.25, -0.2) is 4.79 Å². The lowest BCUT2D eigenvalue weighted by Crippen LogP contribution is -2.21. The van der Waals surface area contributed by atoms with Crippen LogP contribution in [-0.2, 0) is 9.53 Å². The molecule has 0 bridgehead atoms. The average molecular weight is 357 g/mol. The Bertz CT molecular complexity index is 758. The minimum atomic E-state index is -0.388. The lowest BCUT2D eigenvalue weighted by Gasteiger charge is -2.11. The number of carbonyl (C=O) groups excluding carboxylic acids is 2. The molecule has 0 radical (unpaired) electrons. The molecule has 25 heavy (non-hydrogen) atoms. The number of ether oxygens (including phenoxy) is 1. The van der Waals surface area contributed by atoms with Gasteiger partial charge in [0.2, 0.25) is 5.91 Å². The second-order valence-corrected chi connectivity index (χ2v) is 7.29. The molecule has 0 saturated heterocycles. The van der Waals surface area contributed by atoms with Crippen molar-refractivity contribution in [2.45, 2.75) is 39.5 Å². The third kappa shape index (κ3) is 3.93. The fourth-order valence-corrected chi connectivity index (χ4v) is 4.16. The van der Waals surface area contributed by atoms with Crippen molar-refractivity contribution >= 4 is 28.2 Å². The van der Waals surface area contributed by atoms with E-state index in [1.165, 1.54) is 11.3 Å². The Balaban J connectivity index is 1.93. The number of carbonyl (C=O) groups is 2. The SMILES string of the molecule is CCOC(=O)c1c(-c2ccc(C)cc2)csc1NC(=O)C1CCCC1. The molecule has 1 aliphatic rings. The van der Waals surface area contributed by atoms with Gasteiger partial charge in [0.05, 0.1) is 6.61 Å². The minimum absolute atomic E-state index is 0.0142. The number of rotatable bonds is 5. The fourth-order valence-electron chi connectivity index (χ4n) is 3.20. The molecule has 1 heterocycles. The number of nitrogens with one attached hydrogen (secondary N) is 1. The van der Waals surface area contributed by atoms with E-state index >= 15 is 0 Å². The molecule has 1 aliphatic carbocycles. The van der Waals surface area contributed by atoms with Crippen LogP contribution >= 0.6 is 11.3 Å².